The van der Waals surface area contributed by atoms with Gasteiger partial charge in [-0.15, -0.1) is 0 Å². The van der Waals surface area contributed by atoms with Crippen LogP contribution in [0.4, 0.5) is 0 Å². The lowest BCUT2D eigenvalue weighted by Gasteiger charge is -2.31. The van der Waals surface area contributed by atoms with E-state index in [9.17, 15) is 4.79 Å². The smallest absolute Gasteiger partial charge is 0.307 e. The summed E-state index contributed by atoms with van der Waals surface area (Å²) in [7, 11) is 0. The van der Waals surface area contributed by atoms with Gasteiger partial charge in [0.05, 0.1) is 6.42 Å². The number of para-hydroxylation sites is 1. The number of aliphatic carboxylic acids is 1. The van der Waals surface area contributed by atoms with Crippen molar-refractivity contribution in [3.63, 3.8) is 0 Å². The number of hydrogen-bond acceptors (Lipinski definition) is 3. The van der Waals surface area contributed by atoms with E-state index in [-0.39, 0.29) is 12.5 Å². The maximum absolute atomic E-state index is 10.9. The van der Waals surface area contributed by atoms with Gasteiger partial charge >= 0.3 is 5.97 Å². The fourth-order valence-corrected chi connectivity index (χ4v) is 2.69. The van der Waals surface area contributed by atoms with E-state index in [0.717, 1.165) is 24.8 Å². The van der Waals surface area contributed by atoms with Crippen LogP contribution in [-0.4, -0.2) is 23.7 Å². The average molecular weight is 263 g/mol. The second kappa shape index (κ2) is 6.57. The van der Waals surface area contributed by atoms with E-state index in [4.69, 9.17) is 15.6 Å². The summed E-state index contributed by atoms with van der Waals surface area (Å²) in [6.07, 6.45) is 4.58. The number of carboxylic acid groups (broad SMARTS) is 1. The molecule has 2 unspecified atom stereocenters. The van der Waals surface area contributed by atoms with Crippen LogP contribution in [0.5, 0.6) is 5.75 Å². The Labute approximate surface area is 113 Å². The molecule has 4 heteroatoms. The predicted molar refractivity (Wildman–Crippen MR) is 73.2 cm³/mol. The van der Waals surface area contributed by atoms with E-state index < -0.39 is 5.97 Å². The van der Waals surface area contributed by atoms with Gasteiger partial charge in [0.15, 0.2) is 0 Å². The fraction of sp³-hybridized carbons (Fsp3) is 0.533. The highest BCUT2D eigenvalue weighted by molar-refractivity contribution is 5.71. The van der Waals surface area contributed by atoms with Crippen molar-refractivity contribution in [1.82, 2.24) is 0 Å². The van der Waals surface area contributed by atoms with Crippen LogP contribution in [0.15, 0.2) is 24.3 Å². The quantitative estimate of drug-likeness (QED) is 0.854. The van der Waals surface area contributed by atoms with E-state index >= 15 is 0 Å². The lowest BCUT2D eigenvalue weighted by Crippen LogP contribution is -2.35. The lowest BCUT2D eigenvalue weighted by atomic mass is 9.86. The molecule has 1 aromatic carbocycles. The molecule has 2 atom stereocenters. The number of hydrogen-bond donors (Lipinski definition) is 2. The molecule has 0 radical (unpaired) electrons. The average Bonchev–Trinajstić information content (AvgIpc) is 2.41. The molecular formula is C15H21NO3. The van der Waals surface area contributed by atoms with Crippen molar-refractivity contribution in [3.8, 4) is 5.75 Å². The first-order valence-electron chi connectivity index (χ1n) is 6.87. The van der Waals surface area contributed by atoms with Crippen molar-refractivity contribution >= 4 is 5.97 Å². The van der Waals surface area contributed by atoms with Gasteiger partial charge in [-0.25, -0.2) is 0 Å². The minimum Gasteiger partial charge on any atom is -0.490 e. The van der Waals surface area contributed by atoms with Crippen LogP contribution in [0.2, 0.25) is 0 Å². The van der Waals surface area contributed by atoms with Gasteiger partial charge in [-0.3, -0.25) is 4.79 Å². The Morgan fingerprint density at radius 1 is 1.32 bits per heavy atom. The number of ether oxygens (including phenoxy) is 1. The number of carboxylic acids is 1. The Morgan fingerprint density at radius 2 is 2.05 bits per heavy atom. The third-order valence-corrected chi connectivity index (χ3v) is 3.73. The zero-order valence-electron chi connectivity index (χ0n) is 11.0. The fourth-order valence-electron chi connectivity index (χ4n) is 2.69. The van der Waals surface area contributed by atoms with Crippen molar-refractivity contribution in [2.24, 2.45) is 11.7 Å². The minimum atomic E-state index is -0.838. The Hall–Kier alpha value is -1.55. The molecule has 0 aliphatic heterocycles. The molecule has 1 aliphatic carbocycles. The summed E-state index contributed by atoms with van der Waals surface area (Å²) in [4.78, 5) is 10.9. The van der Waals surface area contributed by atoms with Crippen molar-refractivity contribution < 1.29 is 14.6 Å². The molecule has 3 N–H and O–H groups in total. The summed E-state index contributed by atoms with van der Waals surface area (Å²) in [6, 6.07) is 7.37. The van der Waals surface area contributed by atoms with Gasteiger partial charge in [0.2, 0.25) is 0 Å². The normalized spacial score (nSPS) is 23.0. The Balaban J connectivity index is 2.11. The summed E-state index contributed by atoms with van der Waals surface area (Å²) in [5.41, 5.74) is 6.52. The molecule has 1 fully saturated rings. The predicted octanol–water partition coefficient (Wildman–Crippen LogP) is 2.21. The maximum atomic E-state index is 10.9. The third-order valence-electron chi connectivity index (χ3n) is 3.73. The van der Waals surface area contributed by atoms with Gasteiger partial charge in [-0.05, 0) is 31.9 Å². The molecule has 1 saturated carbocycles. The zero-order chi connectivity index (χ0) is 13.7. The largest absolute Gasteiger partial charge is 0.490 e. The number of nitrogens with two attached hydrogens (primary N) is 1. The van der Waals surface area contributed by atoms with Crippen LogP contribution in [-0.2, 0) is 11.2 Å². The summed E-state index contributed by atoms with van der Waals surface area (Å²) in [5, 5.41) is 8.92. The van der Waals surface area contributed by atoms with Gasteiger partial charge in [0.25, 0.3) is 0 Å². The first kappa shape index (κ1) is 13.9. The van der Waals surface area contributed by atoms with E-state index in [1.807, 2.05) is 24.3 Å². The lowest BCUT2D eigenvalue weighted by molar-refractivity contribution is -0.136. The van der Waals surface area contributed by atoms with Gasteiger partial charge in [-0.1, -0.05) is 24.6 Å². The first-order valence-corrected chi connectivity index (χ1v) is 6.87. The third kappa shape index (κ3) is 3.70. The monoisotopic (exact) mass is 263 g/mol. The van der Waals surface area contributed by atoms with Crippen molar-refractivity contribution in [3.05, 3.63) is 29.8 Å². The SMILES string of the molecule is NCC1CCCCC1Oc1ccccc1CC(=O)O. The second-order valence-corrected chi connectivity index (χ2v) is 5.11. The zero-order valence-corrected chi connectivity index (χ0v) is 11.0. The van der Waals surface area contributed by atoms with Crippen molar-refractivity contribution in [1.29, 1.82) is 0 Å². The van der Waals surface area contributed by atoms with E-state index in [2.05, 4.69) is 0 Å². The molecule has 0 amide bonds. The van der Waals surface area contributed by atoms with Gasteiger partial charge in [0, 0.05) is 11.5 Å². The van der Waals surface area contributed by atoms with Crippen molar-refractivity contribution in [2.75, 3.05) is 6.54 Å². The molecule has 104 valence electrons. The number of carbonyl (C=O) groups is 1. The maximum Gasteiger partial charge on any atom is 0.307 e. The second-order valence-electron chi connectivity index (χ2n) is 5.11. The molecule has 0 heterocycles. The molecule has 0 aromatic heterocycles. The molecule has 1 aromatic rings. The van der Waals surface area contributed by atoms with Crippen molar-refractivity contribution in [2.45, 2.75) is 38.2 Å². The van der Waals surface area contributed by atoms with E-state index in [1.165, 1.54) is 6.42 Å². The molecule has 19 heavy (non-hydrogen) atoms. The number of benzene rings is 1. The first-order chi connectivity index (χ1) is 9.20. The highest BCUT2D eigenvalue weighted by atomic mass is 16.5. The van der Waals surface area contributed by atoms with Crippen LogP contribution in [0.25, 0.3) is 0 Å². The van der Waals surface area contributed by atoms with Gasteiger partial charge in [0.1, 0.15) is 11.9 Å². The van der Waals surface area contributed by atoms with Crippen LogP contribution in [0, 0.1) is 5.92 Å². The molecule has 1 aliphatic rings. The van der Waals surface area contributed by atoms with E-state index in [0.29, 0.717) is 18.2 Å². The molecule has 4 nitrogen and oxygen atoms in total. The summed E-state index contributed by atoms with van der Waals surface area (Å²) in [5.74, 6) is 0.233. The Morgan fingerprint density at radius 3 is 2.79 bits per heavy atom. The van der Waals surface area contributed by atoms with Crippen LogP contribution >= 0.6 is 0 Å². The Bertz CT molecular complexity index is 433. The summed E-state index contributed by atoms with van der Waals surface area (Å²) < 4.78 is 6.05. The molecule has 2 rings (SSSR count). The highest BCUT2D eigenvalue weighted by Gasteiger charge is 2.26. The van der Waals surface area contributed by atoms with E-state index in [1.54, 1.807) is 0 Å². The van der Waals surface area contributed by atoms with Gasteiger partial charge in [-0.2, -0.15) is 0 Å². The summed E-state index contributed by atoms with van der Waals surface area (Å²) >= 11 is 0. The standard InChI is InChI=1S/C15H21NO3/c16-10-12-6-2-4-8-14(12)19-13-7-3-1-5-11(13)9-15(17)18/h1,3,5,7,12,14H,2,4,6,8-10,16H2,(H,17,18). The van der Waals surface area contributed by atoms with Crippen LogP contribution < -0.4 is 10.5 Å². The molecule has 0 bridgehead atoms. The Kier molecular flexibility index (Phi) is 4.80. The highest BCUT2D eigenvalue weighted by Crippen LogP contribution is 2.29. The summed E-state index contributed by atoms with van der Waals surface area (Å²) in [6.45, 7) is 0.631. The molecule has 0 spiro atoms. The molecular weight excluding hydrogens is 242 g/mol. The van der Waals surface area contributed by atoms with Gasteiger partial charge < -0.3 is 15.6 Å². The van der Waals surface area contributed by atoms with Crippen LogP contribution in [0.3, 0.4) is 0 Å². The topological polar surface area (TPSA) is 72.5 Å². The van der Waals surface area contributed by atoms with Crippen LogP contribution in [0.1, 0.15) is 31.2 Å². The molecule has 0 saturated heterocycles. The number of rotatable bonds is 5. The minimum absolute atomic E-state index is 0.00378.